The van der Waals surface area contributed by atoms with E-state index >= 15 is 0 Å². The summed E-state index contributed by atoms with van der Waals surface area (Å²) in [5, 5.41) is 4.11. The molecule has 5 heteroatoms. The molecule has 0 aliphatic heterocycles. The van der Waals surface area contributed by atoms with Crippen molar-refractivity contribution in [1.82, 2.24) is 9.78 Å². The molecule has 0 N–H and O–H groups in total. The van der Waals surface area contributed by atoms with E-state index in [-0.39, 0.29) is 12.0 Å². The normalized spacial score (nSPS) is 12.1. The van der Waals surface area contributed by atoms with E-state index in [1.165, 1.54) is 10.9 Å². The first-order valence-electron chi connectivity index (χ1n) is 9.60. The first-order chi connectivity index (χ1) is 14.5. The van der Waals surface area contributed by atoms with Crippen LogP contribution in [-0.4, -0.2) is 9.78 Å². The monoisotopic (exact) mass is 405 g/mol. The van der Waals surface area contributed by atoms with Crippen molar-refractivity contribution in [2.24, 2.45) is 0 Å². The first kappa shape index (κ1) is 20.0. The number of hydrogen-bond acceptors (Lipinski definition) is 1. The van der Waals surface area contributed by atoms with Crippen LogP contribution in [-0.2, 0) is 18.1 Å². The van der Waals surface area contributed by atoms with Crippen LogP contribution in [0, 0.1) is 6.92 Å². The minimum absolute atomic E-state index is 0.0106. The van der Waals surface area contributed by atoms with E-state index in [1.807, 2.05) is 91.0 Å². The highest BCUT2D eigenvalue weighted by atomic mass is 19.4. The number of nitrogens with zero attached hydrogens (tertiary/aromatic N) is 2. The van der Waals surface area contributed by atoms with E-state index in [0.717, 1.165) is 16.7 Å². The SMILES string of the molecule is [CH2]Cc1cn(C(c2ccccc2)(c2ccccc2)c2ccccc2)nc1C(F)(F)F. The molecular weight excluding hydrogens is 385 g/mol. The summed E-state index contributed by atoms with van der Waals surface area (Å²) in [7, 11) is 0. The highest BCUT2D eigenvalue weighted by Gasteiger charge is 2.43. The molecule has 1 heterocycles. The molecular formula is C25H20F3N2. The smallest absolute Gasteiger partial charge is 0.252 e. The third-order valence-electron chi connectivity index (χ3n) is 5.25. The average Bonchev–Trinajstić information content (AvgIpc) is 3.22. The van der Waals surface area contributed by atoms with Gasteiger partial charge < -0.3 is 0 Å². The Morgan fingerprint density at radius 2 is 1.10 bits per heavy atom. The van der Waals surface area contributed by atoms with Crippen LogP contribution >= 0.6 is 0 Å². The maximum atomic E-state index is 13.7. The Morgan fingerprint density at radius 1 is 0.700 bits per heavy atom. The fourth-order valence-corrected chi connectivity index (χ4v) is 3.94. The Balaban J connectivity index is 2.13. The number of alkyl halides is 3. The van der Waals surface area contributed by atoms with Crippen LogP contribution < -0.4 is 0 Å². The molecule has 0 saturated heterocycles. The van der Waals surface area contributed by atoms with Gasteiger partial charge in [-0.1, -0.05) is 91.0 Å². The van der Waals surface area contributed by atoms with Gasteiger partial charge in [-0.15, -0.1) is 0 Å². The van der Waals surface area contributed by atoms with Crippen molar-refractivity contribution in [3.63, 3.8) is 0 Å². The lowest BCUT2D eigenvalue weighted by Crippen LogP contribution is -2.38. The second-order valence-electron chi connectivity index (χ2n) is 7.00. The van der Waals surface area contributed by atoms with E-state index < -0.39 is 17.4 Å². The van der Waals surface area contributed by atoms with Crippen molar-refractivity contribution in [2.45, 2.75) is 18.1 Å². The summed E-state index contributed by atoms with van der Waals surface area (Å²) in [5.74, 6) is 0. The topological polar surface area (TPSA) is 17.8 Å². The van der Waals surface area contributed by atoms with E-state index in [2.05, 4.69) is 12.0 Å². The fourth-order valence-electron chi connectivity index (χ4n) is 3.94. The van der Waals surface area contributed by atoms with E-state index in [1.54, 1.807) is 0 Å². The zero-order valence-electron chi connectivity index (χ0n) is 16.2. The lowest BCUT2D eigenvalue weighted by atomic mass is 9.77. The van der Waals surface area contributed by atoms with Gasteiger partial charge >= 0.3 is 6.18 Å². The molecule has 0 atom stereocenters. The lowest BCUT2D eigenvalue weighted by Gasteiger charge is -2.36. The molecule has 2 nitrogen and oxygen atoms in total. The molecule has 30 heavy (non-hydrogen) atoms. The summed E-state index contributed by atoms with van der Waals surface area (Å²) in [4.78, 5) is 0. The van der Waals surface area contributed by atoms with Crippen molar-refractivity contribution in [3.05, 3.63) is 132 Å². The third-order valence-corrected chi connectivity index (χ3v) is 5.25. The van der Waals surface area contributed by atoms with Gasteiger partial charge in [0.15, 0.2) is 5.69 Å². The van der Waals surface area contributed by atoms with E-state index in [0.29, 0.717) is 0 Å². The zero-order chi connectivity index (χ0) is 21.2. The summed E-state index contributed by atoms with van der Waals surface area (Å²) < 4.78 is 42.7. The standard InChI is InChI=1S/C25H20F3N2/c1-2-19-18-30(29-23(19)25(26,27)28)24(20-12-6-3-7-13-20,21-14-8-4-9-15-21)22-16-10-5-11-17-22/h3-18H,1-2H2. The summed E-state index contributed by atoms with van der Waals surface area (Å²) in [6.07, 6.45) is -3.10. The molecule has 0 amide bonds. The number of aromatic nitrogens is 2. The summed E-state index contributed by atoms with van der Waals surface area (Å²) in [6, 6.07) is 28.4. The average molecular weight is 405 g/mol. The molecule has 0 spiro atoms. The molecule has 4 rings (SSSR count). The number of rotatable bonds is 5. The van der Waals surface area contributed by atoms with Gasteiger partial charge in [-0.3, -0.25) is 4.68 Å². The molecule has 0 bridgehead atoms. The number of halogens is 3. The van der Waals surface area contributed by atoms with Gasteiger partial charge in [-0.25, -0.2) is 0 Å². The summed E-state index contributed by atoms with van der Waals surface area (Å²) >= 11 is 0. The predicted octanol–water partition coefficient (Wildman–Crippen LogP) is 6.12. The van der Waals surface area contributed by atoms with Gasteiger partial charge in [0, 0.05) is 11.8 Å². The van der Waals surface area contributed by atoms with Gasteiger partial charge in [0.1, 0.15) is 5.54 Å². The molecule has 0 unspecified atom stereocenters. The lowest BCUT2D eigenvalue weighted by molar-refractivity contribution is -0.142. The van der Waals surface area contributed by atoms with Crippen molar-refractivity contribution in [3.8, 4) is 0 Å². The number of hydrogen-bond donors (Lipinski definition) is 0. The Kier molecular flexibility index (Phi) is 5.20. The predicted molar refractivity (Wildman–Crippen MR) is 111 cm³/mol. The molecule has 151 valence electrons. The zero-order valence-corrected chi connectivity index (χ0v) is 16.2. The molecule has 4 aromatic rings. The second kappa shape index (κ2) is 7.82. The van der Waals surface area contributed by atoms with E-state index in [4.69, 9.17) is 0 Å². The molecule has 1 radical (unpaired) electrons. The Bertz CT molecular complexity index is 1000. The van der Waals surface area contributed by atoms with Crippen LogP contribution in [0.4, 0.5) is 13.2 Å². The van der Waals surface area contributed by atoms with Crippen LogP contribution in [0.25, 0.3) is 0 Å². The largest absolute Gasteiger partial charge is 0.435 e. The van der Waals surface area contributed by atoms with Crippen LogP contribution in [0.2, 0.25) is 0 Å². The summed E-state index contributed by atoms with van der Waals surface area (Å²) in [6.45, 7) is 3.69. The number of benzene rings is 3. The second-order valence-corrected chi connectivity index (χ2v) is 7.00. The minimum Gasteiger partial charge on any atom is -0.252 e. The maximum absolute atomic E-state index is 13.7. The molecule has 1 aromatic heterocycles. The maximum Gasteiger partial charge on any atom is 0.435 e. The molecule has 0 fully saturated rings. The quantitative estimate of drug-likeness (QED) is 0.366. The van der Waals surface area contributed by atoms with Gasteiger partial charge in [0.2, 0.25) is 0 Å². The molecule has 0 aliphatic rings. The third kappa shape index (κ3) is 3.30. The van der Waals surface area contributed by atoms with Crippen molar-refractivity contribution >= 4 is 0 Å². The van der Waals surface area contributed by atoms with Crippen molar-refractivity contribution in [1.29, 1.82) is 0 Å². The molecule has 3 aromatic carbocycles. The van der Waals surface area contributed by atoms with Crippen molar-refractivity contribution in [2.75, 3.05) is 0 Å². The minimum atomic E-state index is -4.56. The van der Waals surface area contributed by atoms with Gasteiger partial charge in [-0.2, -0.15) is 18.3 Å². The van der Waals surface area contributed by atoms with Gasteiger partial charge in [0.05, 0.1) is 0 Å². The molecule has 0 saturated carbocycles. The first-order valence-corrected chi connectivity index (χ1v) is 9.60. The van der Waals surface area contributed by atoms with Crippen LogP contribution in [0.3, 0.4) is 0 Å². The van der Waals surface area contributed by atoms with Crippen LogP contribution in [0.5, 0.6) is 0 Å². The van der Waals surface area contributed by atoms with Crippen LogP contribution in [0.1, 0.15) is 27.9 Å². The fraction of sp³-hybridized carbons (Fsp3) is 0.120. The summed E-state index contributed by atoms with van der Waals surface area (Å²) in [5.41, 5.74) is 0.536. The van der Waals surface area contributed by atoms with Gasteiger partial charge in [0.25, 0.3) is 0 Å². The molecule has 0 aliphatic carbocycles. The van der Waals surface area contributed by atoms with Gasteiger partial charge in [-0.05, 0) is 30.0 Å². The Hall–Kier alpha value is -3.34. The highest BCUT2D eigenvalue weighted by molar-refractivity contribution is 5.50. The Labute approximate surface area is 173 Å². The Morgan fingerprint density at radius 3 is 1.40 bits per heavy atom. The highest BCUT2D eigenvalue weighted by Crippen LogP contribution is 2.42. The van der Waals surface area contributed by atoms with Crippen LogP contribution in [0.15, 0.2) is 97.2 Å². The van der Waals surface area contributed by atoms with Crippen molar-refractivity contribution < 1.29 is 13.2 Å². The van der Waals surface area contributed by atoms with E-state index in [9.17, 15) is 13.2 Å².